The third kappa shape index (κ3) is 9.42. The van der Waals surface area contributed by atoms with Crippen LogP contribution < -0.4 is 5.32 Å². The summed E-state index contributed by atoms with van der Waals surface area (Å²) in [5, 5.41) is 13.1. The van der Waals surface area contributed by atoms with Crippen LogP contribution in [0.25, 0.3) is 0 Å². The number of ether oxygens (including phenoxy) is 2. The van der Waals surface area contributed by atoms with Crippen LogP contribution in [0, 0.1) is 0 Å². The number of hydrogen-bond donors (Lipinski definition) is 2. The standard InChI is InChI=1S/C16H34N2O3/c1-14(2)21-11-10-20-13-16(19)12-17-8-9-18(3)15-6-4-5-7-15/h14-17,19H,4-13H2,1-3H3. The van der Waals surface area contributed by atoms with Crippen molar-refractivity contribution in [3.05, 3.63) is 0 Å². The first kappa shape index (κ1) is 18.8. The lowest BCUT2D eigenvalue weighted by Gasteiger charge is -2.24. The molecular weight excluding hydrogens is 268 g/mol. The zero-order valence-electron chi connectivity index (χ0n) is 14.0. The minimum absolute atomic E-state index is 0.233. The Labute approximate surface area is 130 Å². The number of aliphatic hydroxyl groups excluding tert-OH is 1. The lowest BCUT2D eigenvalue weighted by Crippen LogP contribution is -2.38. The Morgan fingerprint density at radius 2 is 1.95 bits per heavy atom. The maximum Gasteiger partial charge on any atom is 0.0897 e. The first-order valence-corrected chi connectivity index (χ1v) is 8.38. The van der Waals surface area contributed by atoms with Crippen LogP contribution in [-0.4, -0.2) is 74.8 Å². The van der Waals surface area contributed by atoms with Crippen molar-refractivity contribution in [1.29, 1.82) is 0 Å². The molecule has 1 atom stereocenters. The topological polar surface area (TPSA) is 54.0 Å². The van der Waals surface area contributed by atoms with Crippen molar-refractivity contribution in [3.63, 3.8) is 0 Å². The quantitative estimate of drug-likeness (QED) is 0.532. The van der Waals surface area contributed by atoms with Crippen LogP contribution in [0.1, 0.15) is 39.5 Å². The summed E-state index contributed by atoms with van der Waals surface area (Å²) in [6.45, 7) is 8.05. The molecule has 0 heterocycles. The van der Waals surface area contributed by atoms with Gasteiger partial charge in [0, 0.05) is 25.7 Å². The van der Waals surface area contributed by atoms with E-state index in [2.05, 4.69) is 17.3 Å². The smallest absolute Gasteiger partial charge is 0.0897 e. The van der Waals surface area contributed by atoms with E-state index in [0.717, 1.165) is 19.1 Å². The summed E-state index contributed by atoms with van der Waals surface area (Å²) in [4.78, 5) is 2.44. The van der Waals surface area contributed by atoms with E-state index >= 15 is 0 Å². The van der Waals surface area contributed by atoms with Crippen molar-refractivity contribution in [2.75, 3.05) is 46.5 Å². The van der Waals surface area contributed by atoms with Crippen LogP contribution in [0.5, 0.6) is 0 Å². The van der Waals surface area contributed by atoms with Crippen molar-refractivity contribution in [1.82, 2.24) is 10.2 Å². The predicted octanol–water partition coefficient (Wildman–Crippen LogP) is 1.25. The van der Waals surface area contributed by atoms with E-state index in [1.54, 1.807) is 0 Å². The molecule has 5 heteroatoms. The predicted molar refractivity (Wildman–Crippen MR) is 85.7 cm³/mol. The zero-order valence-corrected chi connectivity index (χ0v) is 14.0. The fraction of sp³-hybridized carbons (Fsp3) is 1.00. The Morgan fingerprint density at radius 3 is 2.62 bits per heavy atom. The molecule has 126 valence electrons. The monoisotopic (exact) mass is 302 g/mol. The second-order valence-electron chi connectivity index (χ2n) is 6.27. The second-order valence-corrected chi connectivity index (χ2v) is 6.27. The summed E-state index contributed by atoms with van der Waals surface area (Å²) >= 11 is 0. The van der Waals surface area contributed by atoms with Crippen molar-refractivity contribution in [2.45, 2.75) is 57.8 Å². The summed E-state index contributed by atoms with van der Waals surface area (Å²) in [5.74, 6) is 0. The lowest BCUT2D eigenvalue weighted by molar-refractivity contribution is -0.0100. The maximum atomic E-state index is 9.79. The molecule has 0 aromatic rings. The molecule has 0 aromatic heterocycles. The molecule has 1 aliphatic rings. The first-order chi connectivity index (χ1) is 10.1. The molecule has 0 spiro atoms. The fourth-order valence-corrected chi connectivity index (χ4v) is 2.67. The van der Waals surface area contributed by atoms with E-state index in [1.807, 2.05) is 13.8 Å². The summed E-state index contributed by atoms with van der Waals surface area (Å²) in [6, 6.07) is 0.765. The van der Waals surface area contributed by atoms with Crippen LogP contribution in [0.4, 0.5) is 0 Å². The van der Waals surface area contributed by atoms with Gasteiger partial charge in [-0.25, -0.2) is 0 Å². The van der Waals surface area contributed by atoms with Crippen molar-refractivity contribution >= 4 is 0 Å². The molecule has 0 amide bonds. The van der Waals surface area contributed by atoms with E-state index in [-0.39, 0.29) is 6.10 Å². The van der Waals surface area contributed by atoms with E-state index in [1.165, 1.54) is 25.7 Å². The Hall–Kier alpha value is -0.200. The summed E-state index contributed by atoms with van der Waals surface area (Å²) in [7, 11) is 2.20. The van der Waals surface area contributed by atoms with Crippen LogP contribution in [0.2, 0.25) is 0 Å². The molecule has 1 fully saturated rings. The van der Waals surface area contributed by atoms with Gasteiger partial charge in [0.25, 0.3) is 0 Å². The van der Waals surface area contributed by atoms with Gasteiger partial charge in [0.05, 0.1) is 32.0 Å². The van der Waals surface area contributed by atoms with Crippen LogP contribution in [0.3, 0.4) is 0 Å². The van der Waals surface area contributed by atoms with Gasteiger partial charge in [-0.15, -0.1) is 0 Å². The van der Waals surface area contributed by atoms with Gasteiger partial charge in [0.2, 0.25) is 0 Å². The van der Waals surface area contributed by atoms with Crippen LogP contribution in [-0.2, 0) is 9.47 Å². The minimum atomic E-state index is -0.444. The van der Waals surface area contributed by atoms with Gasteiger partial charge in [-0.2, -0.15) is 0 Å². The van der Waals surface area contributed by atoms with E-state index in [0.29, 0.717) is 26.4 Å². The van der Waals surface area contributed by atoms with Gasteiger partial charge in [0.1, 0.15) is 0 Å². The molecule has 21 heavy (non-hydrogen) atoms. The zero-order chi connectivity index (χ0) is 15.5. The lowest BCUT2D eigenvalue weighted by atomic mass is 10.2. The fourth-order valence-electron chi connectivity index (χ4n) is 2.67. The van der Waals surface area contributed by atoms with Crippen LogP contribution in [0.15, 0.2) is 0 Å². The molecule has 2 N–H and O–H groups in total. The van der Waals surface area contributed by atoms with Gasteiger partial charge in [-0.1, -0.05) is 12.8 Å². The third-order valence-corrected chi connectivity index (χ3v) is 3.96. The molecule has 0 aliphatic heterocycles. The van der Waals surface area contributed by atoms with Crippen molar-refractivity contribution < 1.29 is 14.6 Å². The molecule has 0 aromatic carbocycles. The van der Waals surface area contributed by atoms with Crippen molar-refractivity contribution in [2.24, 2.45) is 0 Å². The van der Waals surface area contributed by atoms with Crippen LogP contribution >= 0.6 is 0 Å². The van der Waals surface area contributed by atoms with Gasteiger partial charge >= 0.3 is 0 Å². The maximum absolute atomic E-state index is 9.79. The number of hydrogen-bond acceptors (Lipinski definition) is 5. The highest BCUT2D eigenvalue weighted by molar-refractivity contribution is 4.75. The molecule has 1 saturated carbocycles. The van der Waals surface area contributed by atoms with Crippen molar-refractivity contribution in [3.8, 4) is 0 Å². The molecule has 1 rings (SSSR count). The molecule has 0 radical (unpaired) electrons. The van der Waals surface area contributed by atoms with E-state index < -0.39 is 6.10 Å². The average Bonchev–Trinajstić information content (AvgIpc) is 2.97. The van der Waals surface area contributed by atoms with Gasteiger partial charge < -0.3 is 24.8 Å². The largest absolute Gasteiger partial charge is 0.389 e. The normalized spacial score (nSPS) is 18.0. The molecular formula is C16H34N2O3. The number of nitrogens with zero attached hydrogens (tertiary/aromatic N) is 1. The Balaban J connectivity index is 1.89. The van der Waals surface area contributed by atoms with Gasteiger partial charge in [-0.3, -0.25) is 0 Å². The second kappa shape index (κ2) is 11.4. The minimum Gasteiger partial charge on any atom is -0.389 e. The molecule has 0 saturated heterocycles. The number of rotatable bonds is 12. The molecule has 5 nitrogen and oxygen atoms in total. The Bertz CT molecular complexity index is 246. The van der Waals surface area contributed by atoms with E-state index in [9.17, 15) is 5.11 Å². The first-order valence-electron chi connectivity index (χ1n) is 8.38. The highest BCUT2D eigenvalue weighted by Crippen LogP contribution is 2.21. The Kier molecular flexibility index (Phi) is 10.2. The average molecular weight is 302 g/mol. The molecule has 0 bridgehead atoms. The number of nitrogens with one attached hydrogen (secondary N) is 1. The Morgan fingerprint density at radius 1 is 1.24 bits per heavy atom. The highest BCUT2D eigenvalue weighted by atomic mass is 16.5. The van der Waals surface area contributed by atoms with E-state index in [4.69, 9.17) is 9.47 Å². The summed E-state index contributed by atoms with van der Waals surface area (Å²) in [5.41, 5.74) is 0. The van der Waals surface area contributed by atoms with Gasteiger partial charge in [0.15, 0.2) is 0 Å². The SMILES string of the molecule is CC(C)OCCOCC(O)CNCCN(C)C1CCCC1. The summed E-state index contributed by atoms with van der Waals surface area (Å²) < 4.78 is 10.7. The molecule has 1 unspecified atom stereocenters. The number of aliphatic hydroxyl groups is 1. The van der Waals surface area contributed by atoms with Gasteiger partial charge in [-0.05, 0) is 33.7 Å². The number of likely N-dealkylation sites (N-methyl/N-ethyl adjacent to an activating group) is 1. The summed E-state index contributed by atoms with van der Waals surface area (Å²) in [6.07, 6.45) is 5.22. The third-order valence-electron chi connectivity index (χ3n) is 3.96. The molecule has 1 aliphatic carbocycles. The highest BCUT2D eigenvalue weighted by Gasteiger charge is 2.18.